The summed E-state index contributed by atoms with van der Waals surface area (Å²) in [6, 6.07) is 7.02. The Bertz CT molecular complexity index is 756. The fourth-order valence-corrected chi connectivity index (χ4v) is 4.37. The number of rotatable bonds is 5. The van der Waals surface area contributed by atoms with Crippen LogP contribution in [-0.4, -0.2) is 24.7 Å². The standard InChI is InChI=1S/C16H21N3O3S/c1-11-16(12(2)18-17-11)23(20,21)19-13-7-9-15(10-8-13)22-14-5-3-4-6-14/h7-10,14,19H,3-6H2,1-2H3,(H,17,18). The predicted molar refractivity (Wildman–Crippen MR) is 88.2 cm³/mol. The van der Waals surface area contributed by atoms with Crippen LogP contribution in [0.2, 0.25) is 0 Å². The molecule has 1 saturated carbocycles. The van der Waals surface area contributed by atoms with E-state index in [2.05, 4.69) is 14.9 Å². The number of H-pyrrole nitrogens is 1. The van der Waals surface area contributed by atoms with Gasteiger partial charge in [-0.15, -0.1) is 0 Å². The Morgan fingerprint density at radius 2 is 1.83 bits per heavy atom. The van der Waals surface area contributed by atoms with E-state index in [1.807, 2.05) is 0 Å². The van der Waals surface area contributed by atoms with Crippen molar-refractivity contribution < 1.29 is 13.2 Å². The second-order valence-electron chi connectivity index (χ2n) is 5.92. The van der Waals surface area contributed by atoms with Crippen LogP contribution in [0, 0.1) is 13.8 Å². The molecule has 2 aromatic rings. The van der Waals surface area contributed by atoms with E-state index in [9.17, 15) is 8.42 Å². The normalized spacial score (nSPS) is 15.7. The average molecular weight is 335 g/mol. The first kappa shape index (κ1) is 15.9. The third kappa shape index (κ3) is 3.50. The Hall–Kier alpha value is -2.02. The van der Waals surface area contributed by atoms with Crippen molar-refractivity contribution in [2.45, 2.75) is 50.5 Å². The van der Waals surface area contributed by atoms with Gasteiger partial charge in [-0.25, -0.2) is 8.42 Å². The number of sulfonamides is 1. The molecule has 0 amide bonds. The molecule has 124 valence electrons. The summed E-state index contributed by atoms with van der Waals surface area (Å²) in [6.07, 6.45) is 4.90. The minimum absolute atomic E-state index is 0.198. The van der Waals surface area contributed by atoms with Gasteiger partial charge in [-0.05, 0) is 63.8 Å². The van der Waals surface area contributed by atoms with Crippen LogP contribution in [0.4, 0.5) is 5.69 Å². The lowest BCUT2D eigenvalue weighted by molar-refractivity contribution is 0.210. The number of aromatic nitrogens is 2. The molecule has 0 unspecified atom stereocenters. The summed E-state index contributed by atoms with van der Waals surface area (Å²) < 4.78 is 33.4. The molecule has 0 bridgehead atoms. The summed E-state index contributed by atoms with van der Waals surface area (Å²) in [4.78, 5) is 0.198. The molecule has 1 aromatic heterocycles. The molecule has 0 radical (unpaired) electrons. The number of nitrogens with one attached hydrogen (secondary N) is 2. The van der Waals surface area contributed by atoms with Gasteiger partial charge in [0.05, 0.1) is 17.5 Å². The monoisotopic (exact) mass is 335 g/mol. The topological polar surface area (TPSA) is 84.1 Å². The first-order valence-electron chi connectivity index (χ1n) is 7.77. The molecule has 7 heteroatoms. The van der Waals surface area contributed by atoms with Gasteiger partial charge in [-0.1, -0.05) is 0 Å². The summed E-state index contributed by atoms with van der Waals surface area (Å²) >= 11 is 0. The highest BCUT2D eigenvalue weighted by molar-refractivity contribution is 7.92. The van der Waals surface area contributed by atoms with Crippen molar-refractivity contribution >= 4 is 15.7 Å². The molecule has 6 nitrogen and oxygen atoms in total. The van der Waals surface area contributed by atoms with E-state index in [4.69, 9.17) is 4.74 Å². The van der Waals surface area contributed by atoms with Crippen LogP contribution in [0.5, 0.6) is 5.75 Å². The number of anilines is 1. The van der Waals surface area contributed by atoms with E-state index in [0.29, 0.717) is 17.1 Å². The van der Waals surface area contributed by atoms with Crippen molar-refractivity contribution in [2.24, 2.45) is 0 Å². The molecule has 23 heavy (non-hydrogen) atoms. The zero-order valence-electron chi connectivity index (χ0n) is 13.3. The number of aromatic amines is 1. The largest absolute Gasteiger partial charge is 0.490 e. The number of ether oxygens (including phenoxy) is 1. The Morgan fingerprint density at radius 3 is 2.39 bits per heavy atom. The SMILES string of the molecule is Cc1n[nH]c(C)c1S(=O)(=O)Nc1ccc(OC2CCCC2)cc1. The minimum Gasteiger partial charge on any atom is -0.490 e. The summed E-state index contributed by atoms with van der Waals surface area (Å²) in [6.45, 7) is 3.35. The van der Waals surface area contributed by atoms with Gasteiger partial charge >= 0.3 is 0 Å². The molecule has 2 N–H and O–H groups in total. The van der Waals surface area contributed by atoms with Gasteiger partial charge in [0.2, 0.25) is 0 Å². The van der Waals surface area contributed by atoms with Crippen molar-refractivity contribution in [3.8, 4) is 5.75 Å². The summed E-state index contributed by atoms with van der Waals surface area (Å²) in [7, 11) is -3.65. The lowest BCUT2D eigenvalue weighted by Crippen LogP contribution is -2.15. The highest BCUT2D eigenvalue weighted by atomic mass is 32.2. The second-order valence-corrected chi connectivity index (χ2v) is 7.54. The molecule has 3 rings (SSSR count). The van der Waals surface area contributed by atoms with Crippen molar-refractivity contribution in [3.63, 3.8) is 0 Å². The Morgan fingerprint density at radius 1 is 1.17 bits per heavy atom. The molecule has 0 aliphatic heterocycles. The molecule has 0 saturated heterocycles. The lowest BCUT2D eigenvalue weighted by atomic mass is 10.3. The Kier molecular flexibility index (Phi) is 4.30. The van der Waals surface area contributed by atoms with Gasteiger partial charge in [-0.2, -0.15) is 5.10 Å². The smallest absolute Gasteiger partial charge is 0.265 e. The summed E-state index contributed by atoms with van der Waals surface area (Å²) in [5.74, 6) is 0.774. The van der Waals surface area contributed by atoms with Crippen LogP contribution in [0.15, 0.2) is 29.2 Å². The molecular formula is C16H21N3O3S. The van der Waals surface area contributed by atoms with E-state index in [-0.39, 0.29) is 11.0 Å². The fraction of sp³-hybridized carbons (Fsp3) is 0.438. The van der Waals surface area contributed by atoms with Gasteiger partial charge in [0.15, 0.2) is 0 Å². The average Bonchev–Trinajstić information content (AvgIpc) is 3.11. The third-order valence-electron chi connectivity index (χ3n) is 4.04. The van der Waals surface area contributed by atoms with Crippen molar-refractivity contribution in [1.29, 1.82) is 0 Å². The van der Waals surface area contributed by atoms with Crippen LogP contribution in [-0.2, 0) is 10.0 Å². The van der Waals surface area contributed by atoms with E-state index in [1.54, 1.807) is 38.1 Å². The van der Waals surface area contributed by atoms with Crippen molar-refractivity contribution in [3.05, 3.63) is 35.7 Å². The minimum atomic E-state index is -3.65. The second kappa shape index (κ2) is 6.23. The molecule has 0 spiro atoms. The highest BCUT2D eigenvalue weighted by Gasteiger charge is 2.22. The van der Waals surface area contributed by atoms with Crippen LogP contribution < -0.4 is 9.46 Å². The van der Waals surface area contributed by atoms with Gasteiger partial charge < -0.3 is 4.74 Å². The Balaban J connectivity index is 1.72. The first-order chi connectivity index (χ1) is 11.0. The summed E-state index contributed by atoms with van der Waals surface area (Å²) in [5, 5.41) is 6.62. The molecule has 1 heterocycles. The molecule has 0 atom stereocenters. The number of hydrogen-bond acceptors (Lipinski definition) is 4. The van der Waals surface area contributed by atoms with Crippen molar-refractivity contribution in [2.75, 3.05) is 4.72 Å². The highest BCUT2D eigenvalue weighted by Crippen LogP contribution is 2.26. The van der Waals surface area contributed by atoms with Gasteiger partial charge in [0.1, 0.15) is 10.6 Å². The molecule has 1 fully saturated rings. The fourth-order valence-electron chi connectivity index (χ4n) is 2.94. The third-order valence-corrected chi connectivity index (χ3v) is 5.68. The quantitative estimate of drug-likeness (QED) is 0.879. The number of nitrogens with zero attached hydrogens (tertiary/aromatic N) is 1. The molecule has 1 aliphatic carbocycles. The number of hydrogen-bond donors (Lipinski definition) is 2. The van der Waals surface area contributed by atoms with E-state index in [1.165, 1.54) is 12.8 Å². The number of benzene rings is 1. The summed E-state index contributed by atoms with van der Waals surface area (Å²) in [5.41, 5.74) is 1.48. The maximum absolute atomic E-state index is 12.5. The first-order valence-corrected chi connectivity index (χ1v) is 9.25. The molecule has 1 aromatic carbocycles. The van der Waals surface area contributed by atoms with E-state index >= 15 is 0 Å². The number of aryl methyl sites for hydroxylation is 2. The zero-order valence-corrected chi connectivity index (χ0v) is 14.1. The van der Waals surface area contributed by atoms with Crippen LogP contribution in [0.3, 0.4) is 0 Å². The van der Waals surface area contributed by atoms with Crippen LogP contribution in [0.25, 0.3) is 0 Å². The predicted octanol–water partition coefficient (Wildman–Crippen LogP) is 3.15. The Labute approximate surface area is 136 Å². The van der Waals surface area contributed by atoms with Crippen LogP contribution >= 0.6 is 0 Å². The zero-order chi connectivity index (χ0) is 16.4. The molecular weight excluding hydrogens is 314 g/mol. The van der Waals surface area contributed by atoms with Gasteiger partial charge in [0, 0.05) is 5.69 Å². The van der Waals surface area contributed by atoms with Crippen LogP contribution in [0.1, 0.15) is 37.1 Å². The lowest BCUT2D eigenvalue weighted by Gasteiger charge is -2.14. The maximum atomic E-state index is 12.5. The maximum Gasteiger partial charge on any atom is 0.265 e. The van der Waals surface area contributed by atoms with Crippen molar-refractivity contribution in [1.82, 2.24) is 10.2 Å². The van der Waals surface area contributed by atoms with Gasteiger partial charge in [-0.3, -0.25) is 9.82 Å². The van der Waals surface area contributed by atoms with E-state index in [0.717, 1.165) is 18.6 Å². The molecule has 1 aliphatic rings. The van der Waals surface area contributed by atoms with Gasteiger partial charge in [0.25, 0.3) is 10.0 Å². The van der Waals surface area contributed by atoms with E-state index < -0.39 is 10.0 Å².